The quantitative estimate of drug-likeness (QED) is 0.494. The molecule has 0 spiro atoms. The minimum absolute atomic E-state index is 0.458. The Bertz CT molecular complexity index is 123. The van der Waals surface area contributed by atoms with Crippen molar-refractivity contribution in [1.82, 2.24) is 5.43 Å². The summed E-state index contributed by atoms with van der Waals surface area (Å²) >= 11 is 0. The molecule has 0 aromatic heterocycles. The molecule has 80 valence electrons. The van der Waals surface area contributed by atoms with Crippen LogP contribution in [0.5, 0.6) is 0 Å². The highest BCUT2D eigenvalue weighted by atomic mass is 15.2. The predicted molar refractivity (Wildman–Crippen MR) is 59.2 cm³/mol. The zero-order chi connectivity index (χ0) is 10.4. The summed E-state index contributed by atoms with van der Waals surface area (Å²) < 4.78 is 0. The molecule has 0 radical (unpaired) electrons. The van der Waals surface area contributed by atoms with Crippen LogP contribution in [-0.4, -0.2) is 6.04 Å². The maximum absolute atomic E-state index is 5.59. The third-order valence-corrected chi connectivity index (χ3v) is 3.17. The fraction of sp³-hybridized carbons (Fsp3) is 1.00. The summed E-state index contributed by atoms with van der Waals surface area (Å²) in [6.07, 6.45) is 2.50. The second-order valence-corrected chi connectivity index (χ2v) is 4.56. The Balaban J connectivity index is 4.14. The van der Waals surface area contributed by atoms with Crippen molar-refractivity contribution in [3.8, 4) is 0 Å². The lowest BCUT2D eigenvalue weighted by Crippen LogP contribution is -2.45. The number of nitrogens with two attached hydrogens (primary N) is 1. The van der Waals surface area contributed by atoms with Gasteiger partial charge in [0.15, 0.2) is 0 Å². The molecular formula is C11H26N2. The Kier molecular flexibility index (Phi) is 6.35. The molecule has 0 saturated heterocycles. The van der Waals surface area contributed by atoms with Crippen LogP contribution in [-0.2, 0) is 0 Å². The molecule has 0 amide bonds. The van der Waals surface area contributed by atoms with Gasteiger partial charge in [-0.3, -0.25) is 11.3 Å². The zero-order valence-corrected chi connectivity index (χ0v) is 9.80. The van der Waals surface area contributed by atoms with Gasteiger partial charge in [-0.25, -0.2) is 0 Å². The first-order chi connectivity index (χ1) is 6.04. The van der Waals surface area contributed by atoms with Crippen LogP contribution in [0.1, 0.15) is 47.5 Å². The monoisotopic (exact) mass is 186 g/mol. The van der Waals surface area contributed by atoms with E-state index in [-0.39, 0.29) is 0 Å². The van der Waals surface area contributed by atoms with Gasteiger partial charge in [0.05, 0.1) is 0 Å². The molecule has 0 aromatic carbocycles. The summed E-state index contributed by atoms with van der Waals surface area (Å²) in [7, 11) is 0. The summed E-state index contributed by atoms with van der Waals surface area (Å²) in [4.78, 5) is 0. The zero-order valence-electron chi connectivity index (χ0n) is 9.80. The van der Waals surface area contributed by atoms with Gasteiger partial charge in [0.25, 0.3) is 0 Å². The van der Waals surface area contributed by atoms with Gasteiger partial charge in [0, 0.05) is 6.04 Å². The van der Waals surface area contributed by atoms with Gasteiger partial charge in [0.2, 0.25) is 0 Å². The van der Waals surface area contributed by atoms with E-state index in [9.17, 15) is 0 Å². The third-order valence-electron chi connectivity index (χ3n) is 3.17. The van der Waals surface area contributed by atoms with Gasteiger partial charge < -0.3 is 0 Å². The van der Waals surface area contributed by atoms with Gasteiger partial charge in [-0.1, -0.05) is 41.0 Å². The highest BCUT2D eigenvalue weighted by Gasteiger charge is 2.23. The Labute approximate surface area is 83.2 Å². The molecule has 3 N–H and O–H groups in total. The first kappa shape index (κ1) is 12.9. The van der Waals surface area contributed by atoms with Crippen molar-refractivity contribution in [2.75, 3.05) is 0 Å². The van der Waals surface area contributed by atoms with E-state index in [1.165, 1.54) is 12.8 Å². The van der Waals surface area contributed by atoms with Crippen LogP contribution < -0.4 is 11.3 Å². The van der Waals surface area contributed by atoms with Gasteiger partial charge in [-0.2, -0.15) is 0 Å². The van der Waals surface area contributed by atoms with Crippen LogP contribution in [0, 0.1) is 17.8 Å². The molecule has 3 atom stereocenters. The normalized spacial score (nSPS) is 18.7. The number of hydrazine groups is 1. The minimum Gasteiger partial charge on any atom is -0.271 e. The second-order valence-electron chi connectivity index (χ2n) is 4.56. The van der Waals surface area contributed by atoms with Crippen molar-refractivity contribution in [2.24, 2.45) is 23.6 Å². The van der Waals surface area contributed by atoms with Crippen molar-refractivity contribution in [1.29, 1.82) is 0 Å². The molecule has 3 unspecified atom stereocenters. The average molecular weight is 186 g/mol. The molecule has 0 fully saturated rings. The molecule has 0 aromatic rings. The van der Waals surface area contributed by atoms with Crippen molar-refractivity contribution < 1.29 is 0 Å². The summed E-state index contributed by atoms with van der Waals surface area (Å²) in [5.74, 6) is 7.61. The van der Waals surface area contributed by atoms with E-state index >= 15 is 0 Å². The fourth-order valence-corrected chi connectivity index (χ4v) is 1.88. The SMILES string of the molecule is CCCC(C)C(NN)C(C)C(C)C. The largest absolute Gasteiger partial charge is 0.271 e. The van der Waals surface area contributed by atoms with Gasteiger partial charge in [-0.05, 0) is 24.2 Å². The second kappa shape index (κ2) is 6.39. The lowest BCUT2D eigenvalue weighted by atomic mass is 9.82. The van der Waals surface area contributed by atoms with Crippen LogP contribution in [0.4, 0.5) is 0 Å². The van der Waals surface area contributed by atoms with E-state index in [2.05, 4.69) is 40.0 Å². The molecule has 2 heteroatoms. The van der Waals surface area contributed by atoms with Crippen molar-refractivity contribution >= 4 is 0 Å². The summed E-state index contributed by atoms with van der Waals surface area (Å²) in [5.41, 5.74) is 2.97. The number of nitrogens with one attached hydrogen (secondary N) is 1. The molecule has 2 nitrogen and oxygen atoms in total. The molecule has 0 bridgehead atoms. The van der Waals surface area contributed by atoms with E-state index in [4.69, 9.17) is 5.84 Å². The maximum atomic E-state index is 5.59. The van der Waals surface area contributed by atoms with E-state index in [1.54, 1.807) is 0 Å². The molecule has 0 aliphatic rings. The first-order valence-corrected chi connectivity index (χ1v) is 5.50. The van der Waals surface area contributed by atoms with Crippen LogP contribution in [0.15, 0.2) is 0 Å². The van der Waals surface area contributed by atoms with Crippen LogP contribution in [0.3, 0.4) is 0 Å². The standard InChI is InChI=1S/C11H26N2/c1-6-7-9(4)11(13-12)10(5)8(2)3/h8-11,13H,6-7,12H2,1-5H3. The van der Waals surface area contributed by atoms with Gasteiger partial charge in [0.1, 0.15) is 0 Å². The lowest BCUT2D eigenvalue weighted by molar-refractivity contribution is 0.226. The van der Waals surface area contributed by atoms with Gasteiger partial charge >= 0.3 is 0 Å². The van der Waals surface area contributed by atoms with E-state index in [0.29, 0.717) is 23.8 Å². The van der Waals surface area contributed by atoms with Crippen molar-refractivity contribution in [2.45, 2.75) is 53.5 Å². The molecule has 13 heavy (non-hydrogen) atoms. The molecular weight excluding hydrogens is 160 g/mol. The molecule has 0 aliphatic heterocycles. The molecule has 0 aliphatic carbocycles. The highest BCUT2D eigenvalue weighted by molar-refractivity contribution is 4.78. The number of hydrogen-bond donors (Lipinski definition) is 2. The minimum atomic E-state index is 0.458. The molecule has 0 heterocycles. The third kappa shape index (κ3) is 4.10. The lowest BCUT2D eigenvalue weighted by Gasteiger charge is -2.31. The number of hydrogen-bond acceptors (Lipinski definition) is 2. The van der Waals surface area contributed by atoms with Crippen molar-refractivity contribution in [3.05, 3.63) is 0 Å². The van der Waals surface area contributed by atoms with Gasteiger partial charge in [-0.15, -0.1) is 0 Å². The highest BCUT2D eigenvalue weighted by Crippen LogP contribution is 2.22. The van der Waals surface area contributed by atoms with Crippen LogP contribution in [0.25, 0.3) is 0 Å². The van der Waals surface area contributed by atoms with E-state index in [0.717, 1.165) is 0 Å². The van der Waals surface area contributed by atoms with E-state index in [1.807, 2.05) is 0 Å². The maximum Gasteiger partial charge on any atom is 0.0264 e. The van der Waals surface area contributed by atoms with Crippen molar-refractivity contribution in [3.63, 3.8) is 0 Å². The predicted octanol–water partition coefficient (Wildman–Crippen LogP) is 2.55. The molecule has 0 rings (SSSR count). The topological polar surface area (TPSA) is 38.0 Å². The number of rotatable bonds is 6. The Morgan fingerprint density at radius 1 is 1.15 bits per heavy atom. The Hall–Kier alpha value is -0.0800. The molecule has 0 saturated carbocycles. The summed E-state index contributed by atoms with van der Waals surface area (Å²) in [6, 6.07) is 0.458. The Morgan fingerprint density at radius 2 is 1.69 bits per heavy atom. The fourth-order valence-electron chi connectivity index (χ4n) is 1.88. The Morgan fingerprint density at radius 3 is 2.00 bits per heavy atom. The summed E-state index contributed by atoms with van der Waals surface area (Å²) in [5, 5.41) is 0. The van der Waals surface area contributed by atoms with Crippen LogP contribution in [0.2, 0.25) is 0 Å². The smallest absolute Gasteiger partial charge is 0.0264 e. The van der Waals surface area contributed by atoms with E-state index < -0.39 is 0 Å². The van der Waals surface area contributed by atoms with Crippen LogP contribution >= 0.6 is 0 Å². The average Bonchev–Trinajstić information content (AvgIpc) is 2.05. The first-order valence-electron chi connectivity index (χ1n) is 5.50. The summed E-state index contributed by atoms with van der Waals surface area (Å²) in [6.45, 7) is 11.3.